The van der Waals surface area contributed by atoms with E-state index in [2.05, 4.69) is 19.8 Å². The molecule has 1 aromatic rings. The van der Waals surface area contributed by atoms with E-state index in [0.29, 0.717) is 5.89 Å². The van der Waals surface area contributed by atoms with Crippen molar-refractivity contribution < 1.29 is 12.9 Å². The zero-order valence-corrected chi connectivity index (χ0v) is 13.0. The molecule has 2 rings (SSSR count). The first-order valence-electron chi connectivity index (χ1n) is 6.93. The molecule has 0 saturated carbocycles. The lowest BCUT2D eigenvalue weighted by Gasteiger charge is -2.34. The number of nitrogens with zero attached hydrogens (tertiary/aromatic N) is 3. The number of piperidine rings is 1. The second-order valence-electron chi connectivity index (χ2n) is 5.28. The van der Waals surface area contributed by atoms with Crippen LogP contribution in [0, 0.1) is 0 Å². The smallest absolute Gasteiger partial charge is 0.243 e. The number of rotatable bonds is 5. The third-order valence-corrected chi connectivity index (χ3v) is 4.38. The minimum atomic E-state index is -3.12. The zero-order chi connectivity index (χ0) is 14.8. The summed E-state index contributed by atoms with van der Waals surface area (Å²) in [5.41, 5.74) is 0. The van der Waals surface area contributed by atoms with Crippen molar-refractivity contribution in [3.05, 3.63) is 11.7 Å². The molecule has 7 nitrogen and oxygen atoms in total. The molecule has 20 heavy (non-hydrogen) atoms. The molecule has 0 bridgehead atoms. The van der Waals surface area contributed by atoms with E-state index in [1.807, 2.05) is 13.8 Å². The summed E-state index contributed by atoms with van der Waals surface area (Å²) in [6.07, 6.45) is 3.56. The molecule has 0 amide bonds. The summed E-state index contributed by atoms with van der Waals surface area (Å²) in [4.78, 5) is 6.59. The van der Waals surface area contributed by atoms with Gasteiger partial charge in [-0.3, -0.25) is 4.90 Å². The van der Waals surface area contributed by atoms with Crippen molar-refractivity contribution in [2.45, 2.75) is 45.2 Å². The Morgan fingerprint density at radius 2 is 2.10 bits per heavy atom. The summed E-state index contributed by atoms with van der Waals surface area (Å²) in [6, 6.07) is 0.101. The van der Waals surface area contributed by atoms with Gasteiger partial charge in [0.2, 0.25) is 15.9 Å². The summed E-state index contributed by atoms with van der Waals surface area (Å²) in [5.74, 6) is 1.36. The van der Waals surface area contributed by atoms with Gasteiger partial charge >= 0.3 is 0 Å². The van der Waals surface area contributed by atoms with E-state index in [1.54, 1.807) is 0 Å². The van der Waals surface area contributed by atoms with Crippen molar-refractivity contribution in [2.24, 2.45) is 0 Å². The van der Waals surface area contributed by atoms with Gasteiger partial charge in [-0.25, -0.2) is 13.1 Å². The van der Waals surface area contributed by atoms with Crippen LogP contribution in [-0.2, 0) is 16.4 Å². The first-order valence-corrected chi connectivity index (χ1v) is 8.82. The van der Waals surface area contributed by atoms with E-state index < -0.39 is 10.0 Å². The summed E-state index contributed by atoms with van der Waals surface area (Å²) in [7, 11) is -3.12. The highest BCUT2D eigenvalue weighted by molar-refractivity contribution is 7.88. The highest BCUT2D eigenvalue weighted by Gasteiger charge is 2.27. The second kappa shape index (κ2) is 6.19. The molecular weight excluding hydrogens is 280 g/mol. The van der Waals surface area contributed by atoms with E-state index in [9.17, 15) is 8.42 Å². The number of aryl methyl sites for hydroxylation is 1. The minimum Gasteiger partial charge on any atom is -0.338 e. The quantitative estimate of drug-likeness (QED) is 0.861. The van der Waals surface area contributed by atoms with Crippen molar-refractivity contribution in [2.75, 3.05) is 19.3 Å². The van der Waals surface area contributed by atoms with Crippen LogP contribution in [0.15, 0.2) is 4.52 Å². The highest BCUT2D eigenvalue weighted by atomic mass is 32.2. The molecule has 2 heterocycles. The van der Waals surface area contributed by atoms with E-state index >= 15 is 0 Å². The molecule has 114 valence electrons. The van der Waals surface area contributed by atoms with Crippen molar-refractivity contribution >= 4 is 10.0 Å². The number of sulfonamides is 1. The maximum absolute atomic E-state index is 11.2. The Morgan fingerprint density at radius 3 is 2.60 bits per heavy atom. The molecule has 0 radical (unpaired) electrons. The Labute approximate surface area is 119 Å². The number of hydrogen-bond donors (Lipinski definition) is 1. The van der Waals surface area contributed by atoms with Crippen LogP contribution in [-0.4, -0.2) is 48.8 Å². The molecule has 1 aliphatic heterocycles. The fourth-order valence-electron chi connectivity index (χ4n) is 2.44. The summed E-state index contributed by atoms with van der Waals surface area (Å²) < 4.78 is 30.4. The normalized spacial score (nSPS) is 20.1. The Bertz CT molecular complexity index is 535. The molecule has 1 atom stereocenters. The van der Waals surface area contributed by atoms with Gasteiger partial charge in [-0.2, -0.15) is 4.98 Å². The van der Waals surface area contributed by atoms with Gasteiger partial charge in [-0.05, 0) is 19.8 Å². The average Bonchev–Trinajstić information content (AvgIpc) is 2.85. The summed E-state index contributed by atoms with van der Waals surface area (Å²) in [5, 5.41) is 3.91. The maximum Gasteiger partial charge on any atom is 0.243 e. The maximum atomic E-state index is 11.2. The first kappa shape index (κ1) is 15.4. The minimum absolute atomic E-state index is 0.0299. The Balaban J connectivity index is 1.90. The van der Waals surface area contributed by atoms with Crippen LogP contribution in [0.2, 0.25) is 0 Å². The lowest BCUT2D eigenvalue weighted by molar-refractivity contribution is 0.134. The van der Waals surface area contributed by atoms with E-state index in [1.165, 1.54) is 6.26 Å². The molecule has 0 spiro atoms. The monoisotopic (exact) mass is 302 g/mol. The van der Waals surface area contributed by atoms with E-state index in [4.69, 9.17) is 4.52 Å². The fourth-order valence-corrected chi connectivity index (χ4v) is 3.29. The topological polar surface area (TPSA) is 88.3 Å². The van der Waals surface area contributed by atoms with Gasteiger partial charge in [0.05, 0.1) is 12.3 Å². The van der Waals surface area contributed by atoms with Crippen LogP contribution >= 0.6 is 0 Å². The second-order valence-corrected chi connectivity index (χ2v) is 7.06. The van der Waals surface area contributed by atoms with Crippen molar-refractivity contribution in [1.82, 2.24) is 19.8 Å². The van der Waals surface area contributed by atoms with Crippen LogP contribution in [0.4, 0.5) is 0 Å². The van der Waals surface area contributed by atoms with E-state index in [0.717, 1.165) is 38.2 Å². The van der Waals surface area contributed by atoms with Crippen LogP contribution in [0.1, 0.15) is 44.4 Å². The van der Waals surface area contributed by atoms with Gasteiger partial charge in [0.1, 0.15) is 0 Å². The summed E-state index contributed by atoms with van der Waals surface area (Å²) >= 11 is 0. The van der Waals surface area contributed by atoms with Crippen molar-refractivity contribution in [1.29, 1.82) is 0 Å². The predicted molar refractivity (Wildman–Crippen MR) is 74.7 cm³/mol. The Kier molecular flexibility index (Phi) is 4.77. The van der Waals surface area contributed by atoms with Crippen molar-refractivity contribution in [3.63, 3.8) is 0 Å². The third kappa shape index (κ3) is 4.00. The molecule has 1 fully saturated rings. The molecular formula is C12H22N4O3S. The summed E-state index contributed by atoms with van der Waals surface area (Å²) in [6.45, 7) is 5.66. The largest absolute Gasteiger partial charge is 0.338 e. The molecule has 0 aliphatic carbocycles. The number of nitrogens with one attached hydrogen (secondary N) is 1. The Hall–Kier alpha value is -0.990. The Morgan fingerprint density at radius 1 is 1.45 bits per heavy atom. The first-order chi connectivity index (χ1) is 9.39. The van der Waals surface area contributed by atoms with E-state index in [-0.39, 0.29) is 12.1 Å². The lowest BCUT2D eigenvalue weighted by Crippen LogP contribution is -2.45. The van der Waals surface area contributed by atoms with Gasteiger partial charge in [0, 0.05) is 25.6 Å². The SMILES string of the molecule is CCc1noc([C@H](C)N2CCC(NS(C)(=O)=O)CC2)n1. The average molecular weight is 302 g/mol. The number of aromatic nitrogens is 2. The van der Waals surface area contributed by atoms with Crippen LogP contribution in [0.25, 0.3) is 0 Å². The predicted octanol–water partition coefficient (Wildman–Crippen LogP) is 0.707. The van der Waals surface area contributed by atoms with Gasteiger partial charge in [-0.15, -0.1) is 0 Å². The van der Waals surface area contributed by atoms with Crippen molar-refractivity contribution in [3.8, 4) is 0 Å². The molecule has 0 unspecified atom stereocenters. The lowest BCUT2D eigenvalue weighted by atomic mass is 10.0. The van der Waals surface area contributed by atoms with Gasteiger partial charge < -0.3 is 4.52 Å². The molecule has 8 heteroatoms. The number of hydrogen-bond acceptors (Lipinski definition) is 6. The highest BCUT2D eigenvalue weighted by Crippen LogP contribution is 2.23. The zero-order valence-electron chi connectivity index (χ0n) is 12.2. The van der Waals surface area contributed by atoms with Gasteiger partial charge in [0.25, 0.3) is 0 Å². The molecule has 0 aromatic carbocycles. The third-order valence-electron chi connectivity index (χ3n) is 3.62. The molecule has 1 saturated heterocycles. The fraction of sp³-hybridized carbons (Fsp3) is 0.833. The molecule has 1 N–H and O–H groups in total. The standard InChI is InChI=1S/C12H22N4O3S/c1-4-11-13-12(19-14-11)9(2)16-7-5-10(6-8-16)15-20(3,17)18/h9-10,15H,4-8H2,1-3H3/t9-/m0/s1. The van der Waals surface area contributed by atoms with Crippen LogP contribution < -0.4 is 4.72 Å². The number of likely N-dealkylation sites (tertiary alicyclic amines) is 1. The molecule has 1 aromatic heterocycles. The van der Waals surface area contributed by atoms with Crippen LogP contribution in [0.3, 0.4) is 0 Å². The van der Waals surface area contributed by atoms with Crippen LogP contribution in [0.5, 0.6) is 0 Å². The molecule has 1 aliphatic rings. The van der Waals surface area contributed by atoms with Gasteiger partial charge in [-0.1, -0.05) is 12.1 Å². The van der Waals surface area contributed by atoms with Gasteiger partial charge in [0.15, 0.2) is 5.82 Å².